The Morgan fingerprint density at radius 3 is 2.80 bits per heavy atom. The maximum atomic E-state index is 9.71. The van der Waals surface area contributed by atoms with Crippen LogP contribution in [0.5, 0.6) is 5.75 Å². The lowest BCUT2D eigenvalue weighted by molar-refractivity contribution is 0.482. The number of aromatic amines is 1. The van der Waals surface area contributed by atoms with Crippen molar-refractivity contribution >= 4 is 22.7 Å². The fourth-order valence-corrected chi connectivity index (χ4v) is 1.29. The highest BCUT2D eigenvalue weighted by Gasteiger charge is 2.08. The lowest BCUT2D eigenvalue weighted by Gasteiger charge is -1.88. The minimum atomic E-state index is -0.409. The van der Waals surface area contributed by atoms with E-state index in [0.717, 1.165) is 5.52 Å². The summed E-state index contributed by atoms with van der Waals surface area (Å²) < 4.78 is 0. The number of hydrogen-bond acceptors (Lipinski definition) is 3. The molecule has 0 fully saturated rings. The molecule has 0 amide bonds. The zero-order valence-corrected chi connectivity index (χ0v) is 7.73. The van der Waals surface area contributed by atoms with Gasteiger partial charge in [0.25, 0.3) is 0 Å². The number of fused-ring (bicyclic) bond motifs is 1. The number of aromatic nitrogens is 1. The van der Waals surface area contributed by atoms with Gasteiger partial charge in [0.2, 0.25) is 5.96 Å². The topological polar surface area (TPSA) is 111 Å². The van der Waals surface area contributed by atoms with Crippen LogP contribution >= 0.6 is 0 Å². The fraction of sp³-hybridized carbons (Fsp3) is 0. The summed E-state index contributed by atoms with van der Waals surface area (Å²) >= 11 is 0. The zero-order chi connectivity index (χ0) is 10.8. The molecule has 1 aromatic heterocycles. The SMILES string of the molecule is N=C(N)/N=N/c1[nH]c2ccccc2c1O. The average molecular weight is 203 g/mol. The molecule has 0 aliphatic carbocycles. The van der Waals surface area contributed by atoms with Crippen molar-refractivity contribution in [2.75, 3.05) is 0 Å². The second-order valence-electron chi connectivity index (χ2n) is 2.95. The minimum absolute atomic E-state index is 0.00981. The first-order valence-corrected chi connectivity index (χ1v) is 4.24. The van der Waals surface area contributed by atoms with E-state index in [2.05, 4.69) is 15.2 Å². The highest BCUT2D eigenvalue weighted by molar-refractivity contribution is 5.91. The maximum Gasteiger partial charge on any atom is 0.232 e. The summed E-state index contributed by atoms with van der Waals surface area (Å²) in [6.07, 6.45) is 0. The lowest BCUT2D eigenvalue weighted by atomic mass is 10.2. The Hall–Kier alpha value is -2.37. The molecule has 0 unspecified atom stereocenters. The number of nitrogens with two attached hydrogens (primary N) is 1. The van der Waals surface area contributed by atoms with Crippen molar-refractivity contribution in [2.24, 2.45) is 16.0 Å². The maximum absolute atomic E-state index is 9.71. The van der Waals surface area contributed by atoms with Crippen LogP contribution in [0.2, 0.25) is 0 Å². The van der Waals surface area contributed by atoms with Crippen molar-refractivity contribution in [1.29, 1.82) is 5.41 Å². The van der Waals surface area contributed by atoms with Crippen LogP contribution in [0, 0.1) is 5.41 Å². The van der Waals surface area contributed by atoms with Gasteiger partial charge in [0.15, 0.2) is 11.6 Å². The molecule has 6 heteroatoms. The fourth-order valence-electron chi connectivity index (χ4n) is 1.29. The molecule has 15 heavy (non-hydrogen) atoms. The van der Waals surface area contributed by atoms with Crippen molar-refractivity contribution in [3.8, 4) is 5.75 Å². The summed E-state index contributed by atoms with van der Waals surface area (Å²) in [5.74, 6) is -0.199. The number of azo groups is 1. The van der Waals surface area contributed by atoms with Crippen LogP contribution in [-0.2, 0) is 0 Å². The second kappa shape index (κ2) is 3.41. The van der Waals surface area contributed by atoms with Gasteiger partial charge < -0.3 is 15.8 Å². The number of nitrogens with one attached hydrogen (secondary N) is 2. The van der Waals surface area contributed by atoms with E-state index in [0.29, 0.717) is 5.39 Å². The molecule has 2 aromatic rings. The van der Waals surface area contributed by atoms with Gasteiger partial charge in [-0.1, -0.05) is 12.1 Å². The summed E-state index contributed by atoms with van der Waals surface area (Å²) in [6, 6.07) is 7.21. The van der Waals surface area contributed by atoms with Crippen molar-refractivity contribution in [3.63, 3.8) is 0 Å². The molecule has 0 atom stereocenters. The number of para-hydroxylation sites is 1. The molecule has 0 saturated heterocycles. The average Bonchev–Trinajstić information content (AvgIpc) is 2.54. The Labute approximate surface area is 85.0 Å². The number of H-pyrrole nitrogens is 1. The molecule has 1 heterocycles. The molecule has 0 aliphatic heterocycles. The van der Waals surface area contributed by atoms with Gasteiger partial charge in [-0.15, -0.1) is 10.2 Å². The Kier molecular flexibility index (Phi) is 2.09. The predicted molar refractivity (Wildman–Crippen MR) is 56.4 cm³/mol. The first kappa shape index (κ1) is 9.20. The van der Waals surface area contributed by atoms with Crippen molar-refractivity contribution in [2.45, 2.75) is 0 Å². The van der Waals surface area contributed by atoms with Gasteiger partial charge in [-0.2, -0.15) is 0 Å². The summed E-state index contributed by atoms with van der Waals surface area (Å²) in [4.78, 5) is 2.86. The minimum Gasteiger partial charge on any atom is -0.504 e. The smallest absolute Gasteiger partial charge is 0.232 e. The van der Waals surface area contributed by atoms with Crippen molar-refractivity contribution in [1.82, 2.24) is 4.98 Å². The summed E-state index contributed by atoms with van der Waals surface area (Å²) in [7, 11) is 0. The standard InChI is InChI=1S/C9H9N5O/c10-9(11)14-13-8-7(15)5-3-1-2-4-6(5)12-8/h1-4,12,15H,(H3,10,11)/b14-13+. The van der Waals surface area contributed by atoms with E-state index in [1.807, 2.05) is 18.2 Å². The van der Waals surface area contributed by atoms with Gasteiger partial charge in [-0.25, -0.2) is 0 Å². The van der Waals surface area contributed by atoms with Crippen LogP contribution in [0.15, 0.2) is 34.5 Å². The molecular weight excluding hydrogens is 194 g/mol. The Morgan fingerprint density at radius 1 is 1.40 bits per heavy atom. The van der Waals surface area contributed by atoms with E-state index in [1.165, 1.54) is 0 Å². The van der Waals surface area contributed by atoms with E-state index in [1.54, 1.807) is 6.07 Å². The first-order chi connectivity index (χ1) is 7.18. The quantitative estimate of drug-likeness (QED) is 0.322. The largest absolute Gasteiger partial charge is 0.504 e. The van der Waals surface area contributed by atoms with Gasteiger partial charge in [-0.05, 0) is 12.1 Å². The molecule has 0 radical (unpaired) electrons. The first-order valence-electron chi connectivity index (χ1n) is 4.24. The molecule has 6 nitrogen and oxygen atoms in total. The number of hydrogen-bond donors (Lipinski definition) is 4. The molecule has 0 aliphatic rings. The number of benzene rings is 1. The Balaban J connectivity index is 2.53. The predicted octanol–water partition coefficient (Wildman–Crippen LogP) is 1.85. The van der Waals surface area contributed by atoms with Crippen LogP contribution in [0.1, 0.15) is 0 Å². The van der Waals surface area contributed by atoms with Crippen LogP contribution in [0.3, 0.4) is 0 Å². The van der Waals surface area contributed by atoms with E-state index >= 15 is 0 Å². The van der Waals surface area contributed by atoms with Crippen LogP contribution in [0.25, 0.3) is 10.9 Å². The number of nitrogens with zero attached hydrogens (tertiary/aromatic N) is 2. The number of aromatic hydroxyl groups is 1. The zero-order valence-electron chi connectivity index (χ0n) is 7.73. The second-order valence-corrected chi connectivity index (χ2v) is 2.95. The van der Waals surface area contributed by atoms with Crippen LogP contribution in [0.4, 0.5) is 5.82 Å². The molecule has 5 N–H and O–H groups in total. The third-order valence-electron chi connectivity index (χ3n) is 1.92. The molecule has 0 bridgehead atoms. The normalized spacial score (nSPS) is 11.2. The van der Waals surface area contributed by atoms with Crippen LogP contribution in [-0.4, -0.2) is 16.1 Å². The van der Waals surface area contributed by atoms with Crippen LogP contribution < -0.4 is 5.73 Å². The number of guanidine groups is 1. The molecule has 2 rings (SSSR count). The highest BCUT2D eigenvalue weighted by atomic mass is 16.3. The van der Waals surface area contributed by atoms with Gasteiger partial charge in [0, 0.05) is 5.39 Å². The monoisotopic (exact) mass is 203 g/mol. The van der Waals surface area contributed by atoms with Gasteiger partial charge in [0.05, 0.1) is 5.52 Å². The summed E-state index contributed by atoms with van der Waals surface area (Å²) in [5, 5.41) is 24.2. The van der Waals surface area contributed by atoms with Crippen molar-refractivity contribution in [3.05, 3.63) is 24.3 Å². The van der Waals surface area contributed by atoms with E-state index < -0.39 is 5.96 Å². The number of rotatable bonds is 1. The molecule has 0 spiro atoms. The third-order valence-corrected chi connectivity index (χ3v) is 1.92. The molecule has 0 saturated carbocycles. The molecular formula is C9H9N5O. The van der Waals surface area contributed by atoms with E-state index in [9.17, 15) is 5.11 Å². The van der Waals surface area contributed by atoms with Gasteiger partial charge in [0.1, 0.15) is 0 Å². The third kappa shape index (κ3) is 1.64. The molecule has 76 valence electrons. The summed E-state index contributed by atoms with van der Waals surface area (Å²) in [6.45, 7) is 0. The van der Waals surface area contributed by atoms with E-state index in [-0.39, 0.29) is 11.6 Å². The highest BCUT2D eigenvalue weighted by Crippen LogP contribution is 2.34. The van der Waals surface area contributed by atoms with Crippen molar-refractivity contribution < 1.29 is 5.11 Å². The van der Waals surface area contributed by atoms with E-state index in [4.69, 9.17) is 11.1 Å². The van der Waals surface area contributed by atoms with Gasteiger partial charge >= 0.3 is 0 Å². The summed E-state index contributed by atoms with van der Waals surface area (Å²) in [5.41, 5.74) is 5.77. The lowest BCUT2D eigenvalue weighted by Crippen LogP contribution is -2.03. The van der Waals surface area contributed by atoms with Gasteiger partial charge in [-0.3, -0.25) is 5.41 Å². The molecule has 1 aromatic carbocycles. The Morgan fingerprint density at radius 2 is 2.13 bits per heavy atom. The Bertz CT molecular complexity index is 542.